The van der Waals surface area contributed by atoms with Gasteiger partial charge in [-0.2, -0.15) is 0 Å². The lowest BCUT2D eigenvalue weighted by Crippen LogP contribution is -2.68. The first-order valence-corrected chi connectivity index (χ1v) is 14.8. The first-order valence-electron chi connectivity index (χ1n) is 14.8. The highest BCUT2D eigenvalue weighted by Gasteiger charge is 2.54. The maximum absolute atomic E-state index is 11.8. The van der Waals surface area contributed by atoms with Crippen LogP contribution in [0.25, 0.3) is 0 Å². The minimum Gasteiger partial charge on any atom is -0.394 e. The van der Waals surface area contributed by atoms with Crippen LogP contribution >= 0.6 is 0 Å². The Kier molecular flexibility index (Phi) is 12.7. The zero-order valence-electron chi connectivity index (χ0n) is 25.1. The minimum atomic E-state index is -1.89. The molecular formula is C26H45NO19. The van der Waals surface area contributed by atoms with Gasteiger partial charge >= 0.3 is 0 Å². The number of hydrogen-bond donors (Lipinski definition) is 12. The second-order valence-electron chi connectivity index (χ2n) is 11.8. The number of rotatable bonds is 9. The standard InChI is InChI=1S/C26H45NO19/c1-6-12(31)20(44-24-11(27-8(3)30)16(35)14(33)10(5-29)43-24)18(37)25(40-6)45-21-13(32)7(2)41-26(19(21)38)46-22-17(36)15(34)9(4-28)42-23(22)39/h6-7,9-26,28-29,31-39H,4-5H2,1-3H3,(H,27,30)/t6-,7-,9-,10-,11-,12-,13-,14-,15+,16-,17+,18+,19+,20+,21+,22-,23+,24-,25-,26-/m1/s1. The average molecular weight is 676 g/mol. The van der Waals surface area contributed by atoms with Gasteiger partial charge in [0.2, 0.25) is 5.91 Å². The molecule has 12 N–H and O–H groups in total. The summed E-state index contributed by atoms with van der Waals surface area (Å²) in [7, 11) is 0. The summed E-state index contributed by atoms with van der Waals surface area (Å²) < 4.78 is 38.8. The van der Waals surface area contributed by atoms with Gasteiger partial charge in [0.1, 0.15) is 85.4 Å². The zero-order chi connectivity index (χ0) is 34.2. The van der Waals surface area contributed by atoms with E-state index in [1.165, 1.54) is 13.8 Å². The SMILES string of the molecule is CC(=O)N[C@H]1[C@@H](O[C@@H]2[C@H](O)[C@@H](O[C@@H]3[C@H](O)[C@@H](O[C@@H]4[C@@H](O)[C@@H](O)[C@@H](CO)O[C@@H]4O)O[C@H](C)[C@H]3O)O[C@H](C)[C@H]2O)O[C@H](CO)[C@@H](O)[C@@H]1O. The van der Waals surface area contributed by atoms with Crippen LogP contribution < -0.4 is 5.32 Å². The minimum absolute atomic E-state index is 0.644. The average Bonchev–Trinajstić information content (AvgIpc) is 3.01. The van der Waals surface area contributed by atoms with E-state index in [9.17, 15) is 61.0 Å². The van der Waals surface area contributed by atoms with Crippen LogP contribution in [0.1, 0.15) is 20.8 Å². The van der Waals surface area contributed by atoms with E-state index in [0.29, 0.717) is 0 Å². The van der Waals surface area contributed by atoms with Crippen molar-refractivity contribution in [2.24, 2.45) is 0 Å². The van der Waals surface area contributed by atoms with Gasteiger partial charge in [0.05, 0.1) is 25.4 Å². The number of carbonyl (C=O) groups is 1. The highest BCUT2D eigenvalue weighted by molar-refractivity contribution is 5.73. The van der Waals surface area contributed by atoms with Crippen molar-refractivity contribution in [3.63, 3.8) is 0 Å². The molecule has 0 aliphatic carbocycles. The van der Waals surface area contributed by atoms with Crippen LogP contribution in [-0.4, -0.2) is 198 Å². The molecule has 4 heterocycles. The van der Waals surface area contributed by atoms with Crippen LogP contribution in [0.15, 0.2) is 0 Å². The van der Waals surface area contributed by atoms with Gasteiger partial charge in [-0.25, -0.2) is 0 Å². The quantitative estimate of drug-likeness (QED) is 0.108. The Morgan fingerprint density at radius 1 is 0.565 bits per heavy atom. The summed E-state index contributed by atoms with van der Waals surface area (Å²) in [5.41, 5.74) is 0. The molecule has 46 heavy (non-hydrogen) atoms. The fourth-order valence-electron chi connectivity index (χ4n) is 5.81. The maximum Gasteiger partial charge on any atom is 0.217 e. The van der Waals surface area contributed by atoms with E-state index in [1.807, 2.05) is 0 Å². The number of hydrogen-bond acceptors (Lipinski definition) is 19. The molecule has 0 bridgehead atoms. The molecule has 0 spiro atoms. The number of aliphatic hydroxyl groups excluding tert-OH is 11. The van der Waals surface area contributed by atoms with Gasteiger partial charge in [0, 0.05) is 6.92 Å². The Labute approximate surface area is 262 Å². The fourth-order valence-corrected chi connectivity index (χ4v) is 5.81. The van der Waals surface area contributed by atoms with Crippen LogP contribution in [0.5, 0.6) is 0 Å². The second kappa shape index (κ2) is 15.5. The molecule has 268 valence electrons. The molecule has 20 atom stereocenters. The zero-order valence-corrected chi connectivity index (χ0v) is 25.1. The largest absolute Gasteiger partial charge is 0.394 e. The predicted molar refractivity (Wildman–Crippen MR) is 143 cm³/mol. The molecule has 0 aromatic heterocycles. The number of amides is 1. The Morgan fingerprint density at radius 2 is 1.00 bits per heavy atom. The maximum atomic E-state index is 11.8. The Balaban J connectivity index is 1.50. The molecule has 4 aliphatic rings. The van der Waals surface area contributed by atoms with Crippen molar-refractivity contribution >= 4 is 5.91 Å². The summed E-state index contributed by atoms with van der Waals surface area (Å²) in [6.07, 6.45) is -30.5. The van der Waals surface area contributed by atoms with Crippen molar-refractivity contribution in [2.75, 3.05) is 13.2 Å². The van der Waals surface area contributed by atoms with Crippen LogP contribution in [0.2, 0.25) is 0 Å². The Hall–Kier alpha value is -1.25. The number of ether oxygens (including phenoxy) is 7. The normalized spacial score (nSPS) is 51.9. The lowest BCUT2D eigenvalue weighted by molar-refractivity contribution is -0.385. The number of aliphatic hydroxyl groups is 11. The van der Waals surface area contributed by atoms with Gasteiger partial charge in [-0.3, -0.25) is 4.79 Å². The van der Waals surface area contributed by atoms with Gasteiger partial charge in [-0.15, -0.1) is 0 Å². The Bertz CT molecular complexity index is 997. The predicted octanol–water partition coefficient (Wildman–Crippen LogP) is -7.55. The molecule has 4 rings (SSSR count). The summed E-state index contributed by atoms with van der Waals surface area (Å²) in [6, 6.07) is -1.41. The molecule has 0 unspecified atom stereocenters. The van der Waals surface area contributed by atoms with Crippen molar-refractivity contribution in [1.29, 1.82) is 0 Å². The first-order chi connectivity index (χ1) is 21.6. The van der Waals surface area contributed by atoms with E-state index < -0.39 is 142 Å². The highest BCUT2D eigenvalue weighted by atomic mass is 16.8. The van der Waals surface area contributed by atoms with Crippen molar-refractivity contribution < 1.29 is 94.1 Å². The van der Waals surface area contributed by atoms with Gasteiger partial charge in [-0.1, -0.05) is 0 Å². The van der Waals surface area contributed by atoms with Crippen LogP contribution in [-0.2, 0) is 38.0 Å². The molecular weight excluding hydrogens is 630 g/mol. The molecule has 4 saturated heterocycles. The lowest BCUT2D eigenvalue weighted by atomic mass is 9.95. The second-order valence-corrected chi connectivity index (χ2v) is 11.8. The first kappa shape index (κ1) is 37.6. The Morgan fingerprint density at radius 3 is 1.48 bits per heavy atom. The smallest absolute Gasteiger partial charge is 0.217 e. The third kappa shape index (κ3) is 7.64. The summed E-state index contributed by atoms with van der Waals surface area (Å²) in [5.74, 6) is -0.644. The molecule has 0 aromatic carbocycles. The monoisotopic (exact) mass is 675 g/mol. The molecule has 0 radical (unpaired) electrons. The van der Waals surface area contributed by atoms with E-state index in [-0.39, 0.29) is 0 Å². The van der Waals surface area contributed by atoms with E-state index in [0.717, 1.165) is 6.92 Å². The molecule has 20 heteroatoms. The number of carbonyl (C=O) groups excluding carboxylic acids is 1. The van der Waals surface area contributed by atoms with Crippen molar-refractivity contribution in [1.82, 2.24) is 5.32 Å². The molecule has 20 nitrogen and oxygen atoms in total. The van der Waals surface area contributed by atoms with Gasteiger partial charge in [0.15, 0.2) is 25.2 Å². The van der Waals surface area contributed by atoms with Crippen molar-refractivity contribution in [2.45, 2.75) is 144 Å². The van der Waals surface area contributed by atoms with Crippen molar-refractivity contribution in [3.05, 3.63) is 0 Å². The van der Waals surface area contributed by atoms with Crippen LogP contribution in [0, 0.1) is 0 Å². The van der Waals surface area contributed by atoms with Gasteiger partial charge in [0.25, 0.3) is 0 Å². The summed E-state index contributed by atoms with van der Waals surface area (Å²) in [5, 5.41) is 117. The van der Waals surface area contributed by atoms with E-state index in [4.69, 9.17) is 33.2 Å². The van der Waals surface area contributed by atoms with E-state index in [2.05, 4.69) is 5.32 Å². The van der Waals surface area contributed by atoms with E-state index in [1.54, 1.807) is 0 Å². The third-order valence-corrected chi connectivity index (χ3v) is 8.53. The molecule has 1 amide bonds. The van der Waals surface area contributed by atoms with Crippen LogP contribution in [0.3, 0.4) is 0 Å². The highest BCUT2D eigenvalue weighted by Crippen LogP contribution is 2.34. The summed E-state index contributed by atoms with van der Waals surface area (Å²) in [4.78, 5) is 11.8. The van der Waals surface area contributed by atoms with Gasteiger partial charge < -0.3 is 94.6 Å². The number of nitrogens with one attached hydrogen (secondary N) is 1. The van der Waals surface area contributed by atoms with Crippen LogP contribution in [0.4, 0.5) is 0 Å². The fraction of sp³-hybridized carbons (Fsp3) is 0.962. The molecule has 4 fully saturated rings. The van der Waals surface area contributed by atoms with E-state index >= 15 is 0 Å². The molecule has 0 saturated carbocycles. The summed E-state index contributed by atoms with van der Waals surface area (Å²) >= 11 is 0. The van der Waals surface area contributed by atoms with Gasteiger partial charge in [-0.05, 0) is 13.8 Å². The molecule has 4 aliphatic heterocycles. The summed E-state index contributed by atoms with van der Waals surface area (Å²) in [6.45, 7) is 2.40. The lowest BCUT2D eigenvalue weighted by Gasteiger charge is -2.49. The molecule has 0 aromatic rings. The topological polar surface area (TPSA) is 316 Å². The third-order valence-electron chi connectivity index (χ3n) is 8.53. The van der Waals surface area contributed by atoms with Crippen molar-refractivity contribution in [3.8, 4) is 0 Å².